The molecule has 3 aromatic carbocycles. The van der Waals surface area contributed by atoms with Crippen molar-refractivity contribution < 1.29 is 36.2 Å². The van der Waals surface area contributed by atoms with E-state index in [0.29, 0.717) is 29.8 Å². The first kappa shape index (κ1) is 23.4. The molecule has 3 aromatic rings. The minimum atomic E-state index is -4.77. The summed E-state index contributed by atoms with van der Waals surface area (Å²) in [5.74, 6) is -0.883. The number of anilines is 2. The molecule has 0 saturated heterocycles. The summed E-state index contributed by atoms with van der Waals surface area (Å²) in [6.07, 6.45) is -3.31. The number of nitrogens with one attached hydrogen (secondary N) is 1. The van der Waals surface area contributed by atoms with Crippen molar-refractivity contribution in [2.45, 2.75) is 12.8 Å². The van der Waals surface area contributed by atoms with Crippen LogP contribution < -0.4 is 14.4 Å². The molecule has 0 aromatic heterocycles. The predicted octanol–water partition coefficient (Wildman–Crippen LogP) is 4.53. The third kappa shape index (κ3) is 5.25. The summed E-state index contributed by atoms with van der Waals surface area (Å²) in [4.78, 5) is 14.6. The molecule has 0 saturated carbocycles. The van der Waals surface area contributed by atoms with Crippen LogP contribution in [-0.2, 0) is 16.4 Å². The molecule has 1 aliphatic heterocycles. The monoisotopic (exact) mass is 492 g/mol. The summed E-state index contributed by atoms with van der Waals surface area (Å²) >= 11 is 0. The number of sulfonamides is 1. The van der Waals surface area contributed by atoms with Crippen molar-refractivity contribution in [1.29, 1.82) is 0 Å². The smallest absolute Gasteiger partial charge is 0.506 e. The average Bonchev–Trinajstić information content (AvgIpc) is 2.74. The Morgan fingerprint density at radius 3 is 2.32 bits per heavy atom. The number of carbonyl (C=O) groups excluding carboxylic acids is 1. The molecule has 0 bridgehead atoms. The Morgan fingerprint density at radius 1 is 1.00 bits per heavy atom. The minimum Gasteiger partial charge on any atom is -0.506 e. The van der Waals surface area contributed by atoms with Crippen LogP contribution in [0.3, 0.4) is 0 Å². The lowest BCUT2D eigenvalue weighted by molar-refractivity contribution is -0.274. The lowest BCUT2D eigenvalue weighted by Crippen LogP contribution is -2.37. The van der Waals surface area contributed by atoms with Crippen molar-refractivity contribution >= 4 is 27.3 Å². The molecule has 0 spiro atoms. The molecule has 1 heterocycles. The Kier molecular flexibility index (Phi) is 5.90. The maximum absolute atomic E-state index is 13.1. The molecule has 0 radical (unpaired) electrons. The van der Waals surface area contributed by atoms with Crippen molar-refractivity contribution in [3.63, 3.8) is 0 Å². The summed E-state index contributed by atoms with van der Waals surface area (Å²) < 4.78 is 66.3. The summed E-state index contributed by atoms with van der Waals surface area (Å²) in [5, 5.41) is 9.94. The van der Waals surface area contributed by atoms with Crippen LogP contribution in [0.2, 0.25) is 0 Å². The fourth-order valence-electron chi connectivity index (χ4n) is 3.74. The van der Waals surface area contributed by atoms with Gasteiger partial charge >= 0.3 is 6.36 Å². The van der Waals surface area contributed by atoms with Gasteiger partial charge in [-0.05, 0) is 59.5 Å². The van der Waals surface area contributed by atoms with E-state index in [4.69, 9.17) is 0 Å². The van der Waals surface area contributed by atoms with Crippen LogP contribution in [0.15, 0.2) is 60.7 Å². The molecule has 0 aliphatic carbocycles. The Morgan fingerprint density at radius 2 is 1.68 bits per heavy atom. The van der Waals surface area contributed by atoms with Crippen molar-refractivity contribution in [3.05, 3.63) is 71.8 Å². The lowest BCUT2D eigenvalue weighted by Gasteiger charge is -2.29. The average molecular weight is 492 g/mol. The van der Waals surface area contributed by atoms with Gasteiger partial charge in [0.1, 0.15) is 11.5 Å². The standard InChI is InChI=1S/C23H19F3N2O5S/c1-34(31,32)27-20-13-17(5-9-21(20)29)28-11-10-16-12-15(4-8-19(16)22(28)30)14-2-6-18(7-3-14)33-23(24,25)26/h2-9,12-13,27,29H,10-11H2,1H3. The van der Waals surface area contributed by atoms with Gasteiger partial charge in [0.15, 0.2) is 0 Å². The van der Waals surface area contributed by atoms with E-state index in [1.807, 2.05) is 6.07 Å². The first-order chi connectivity index (χ1) is 15.9. The number of aromatic hydroxyl groups is 1. The van der Waals surface area contributed by atoms with Crippen molar-refractivity contribution in [1.82, 2.24) is 0 Å². The lowest BCUT2D eigenvalue weighted by atomic mass is 9.93. The van der Waals surface area contributed by atoms with E-state index >= 15 is 0 Å². The summed E-state index contributed by atoms with van der Waals surface area (Å²) in [7, 11) is -3.63. The number of phenolic OH excluding ortho intramolecular Hbond substituents is 1. The van der Waals surface area contributed by atoms with E-state index < -0.39 is 16.4 Å². The first-order valence-corrected chi connectivity index (χ1v) is 11.9. The third-order valence-corrected chi connectivity index (χ3v) is 5.78. The van der Waals surface area contributed by atoms with Gasteiger partial charge in [-0.15, -0.1) is 13.2 Å². The number of hydrogen-bond donors (Lipinski definition) is 2. The molecular weight excluding hydrogens is 473 g/mol. The fourth-order valence-corrected chi connectivity index (χ4v) is 4.30. The van der Waals surface area contributed by atoms with Crippen molar-refractivity contribution in [2.75, 3.05) is 22.4 Å². The van der Waals surface area contributed by atoms with Crippen LogP contribution in [-0.4, -0.2) is 38.6 Å². The highest BCUT2D eigenvalue weighted by atomic mass is 32.2. The molecule has 11 heteroatoms. The zero-order valence-corrected chi connectivity index (χ0v) is 18.6. The van der Waals surface area contributed by atoms with Gasteiger partial charge in [0.25, 0.3) is 5.91 Å². The number of nitrogens with zero attached hydrogens (tertiary/aromatic N) is 1. The van der Waals surface area contributed by atoms with E-state index in [1.54, 1.807) is 12.1 Å². The molecule has 178 valence electrons. The second-order valence-electron chi connectivity index (χ2n) is 7.73. The molecule has 1 amide bonds. The van der Waals surface area contributed by atoms with Crippen LogP contribution in [0.4, 0.5) is 24.5 Å². The highest BCUT2D eigenvalue weighted by Gasteiger charge is 2.31. The molecule has 1 aliphatic rings. The van der Waals surface area contributed by atoms with Crippen LogP contribution in [0.5, 0.6) is 11.5 Å². The second kappa shape index (κ2) is 8.56. The van der Waals surface area contributed by atoms with Gasteiger partial charge in [0, 0.05) is 17.8 Å². The molecule has 34 heavy (non-hydrogen) atoms. The third-order valence-electron chi connectivity index (χ3n) is 5.19. The normalized spacial score (nSPS) is 14.0. The number of hydrogen-bond acceptors (Lipinski definition) is 5. The topological polar surface area (TPSA) is 95.9 Å². The number of benzene rings is 3. The summed E-state index contributed by atoms with van der Waals surface area (Å²) in [5.41, 5.74) is 3.03. The molecule has 0 unspecified atom stereocenters. The van der Waals surface area contributed by atoms with Crippen molar-refractivity contribution in [2.24, 2.45) is 0 Å². The Bertz CT molecular complexity index is 1360. The van der Waals surface area contributed by atoms with E-state index in [1.165, 1.54) is 47.4 Å². The molecule has 2 N–H and O–H groups in total. The molecule has 0 fully saturated rings. The highest BCUT2D eigenvalue weighted by Crippen LogP contribution is 2.34. The highest BCUT2D eigenvalue weighted by molar-refractivity contribution is 7.92. The van der Waals surface area contributed by atoms with Gasteiger partial charge in [-0.2, -0.15) is 0 Å². The Balaban J connectivity index is 1.57. The number of carbonyl (C=O) groups is 1. The quantitative estimate of drug-likeness (QED) is 0.510. The minimum absolute atomic E-state index is 0.0353. The van der Waals surface area contributed by atoms with Gasteiger partial charge in [0.2, 0.25) is 10.0 Å². The maximum Gasteiger partial charge on any atom is 0.573 e. The predicted molar refractivity (Wildman–Crippen MR) is 121 cm³/mol. The molecule has 7 nitrogen and oxygen atoms in total. The second-order valence-corrected chi connectivity index (χ2v) is 9.48. The van der Waals surface area contributed by atoms with Gasteiger partial charge < -0.3 is 14.7 Å². The van der Waals surface area contributed by atoms with Gasteiger partial charge in [-0.3, -0.25) is 9.52 Å². The van der Waals surface area contributed by atoms with Gasteiger partial charge in [-0.25, -0.2) is 8.42 Å². The van der Waals surface area contributed by atoms with E-state index in [0.717, 1.165) is 17.4 Å². The van der Waals surface area contributed by atoms with Gasteiger partial charge in [0.05, 0.1) is 11.9 Å². The summed E-state index contributed by atoms with van der Waals surface area (Å²) in [6.45, 7) is 0.316. The number of halogens is 3. The molecule has 0 atom stereocenters. The van der Waals surface area contributed by atoms with E-state index in [-0.39, 0.29) is 23.1 Å². The Hall–Kier alpha value is -3.73. The number of rotatable bonds is 5. The van der Waals surface area contributed by atoms with E-state index in [9.17, 15) is 31.5 Å². The van der Waals surface area contributed by atoms with Crippen LogP contribution in [0.1, 0.15) is 15.9 Å². The van der Waals surface area contributed by atoms with Crippen LogP contribution in [0.25, 0.3) is 11.1 Å². The number of fused-ring (bicyclic) bond motifs is 1. The zero-order valence-electron chi connectivity index (χ0n) is 17.8. The molecule has 4 rings (SSSR count). The SMILES string of the molecule is CS(=O)(=O)Nc1cc(N2CCc3cc(-c4ccc(OC(F)(F)F)cc4)ccc3C2=O)ccc1O. The number of ether oxygens (including phenoxy) is 1. The fraction of sp³-hybridized carbons (Fsp3) is 0.174. The molecular formula is C23H19F3N2O5S. The largest absolute Gasteiger partial charge is 0.573 e. The van der Waals surface area contributed by atoms with Crippen LogP contribution >= 0.6 is 0 Å². The number of phenols is 1. The van der Waals surface area contributed by atoms with E-state index in [2.05, 4.69) is 9.46 Å². The van der Waals surface area contributed by atoms with Gasteiger partial charge in [-0.1, -0.05) is 24.3 Å². The summed E-state index contributed by atoms with van der Waals surface area (Å²) in [6, 6.07) is 14.8. The number of amides is 1. The number of alkyl halides is 3. The zero-order chi connectivity index (χ0) is 24.7. The van der Waals surface area contributed by atoms with Crippen LogP contribution in [0, 0.1) is 0 Å². The Labute approximate surface area is 193 Å². The maximum atomic E-state index is 13.1. The van der Waals surface area contributed by atoms with Crippen molar-refractivity contribution in [3.8, 4) is 22.6 Å². The first-order valence-electron chi connectivity index (χ1n) is 10.0.